The van der Waals surface area contributed by atoms with Gasteiger partial charge < -0.3 is 5.32 Å². The Hall–Kier alpha value is -2.50. The number of aromatic nitrogens is 4. The molecule has 0 spiro atoms. The van der Waals surface area contributed by atoms with E-state index in [0.717, 1.165) is 5.39 Å². The molecule has 0 aliphatic rings. The molecule has 2 aromatic heterocycles. The molecule has 0 unspecified atom stereocenters. The highest BCUT2D eigenvalue weighted by Gasteiger charge is 2.07. The van der Waals surface area contributed by atoms with E-state index in [4.69, 9.17) is 0 Å². The molecule has 6 heteroatoms. The van der Waals surface area contributed by atoms with E-state index < -0.39 is 0 Å². The maximum Gasteiger partial charge on any atom is 0.186 e. The summed E-state index contributed by atoms with van der Waals surface area (Å²) in [5.41, 5.74) is 0.917. The number of H-pyrrole nitrogens is 1. The van der Waals surface area contributed by atoms with Crippen LogP contribution in [0.15, 0.2) is 36.8 Å². The van der Waals surface area contributed by atoms with Gasteiger partial charge in [-0.1, -0.05) is 12.1 Å². The summed E-state index contributed by atoms with van der Waals surface area (Å²) in [5, 5.41) is 10.4. The number of rotatable bonds is 2. The van der Waals surface area contributed by atoms with Gasteiger partial charge in [-0.2, -0.15) is 5.10 Å². The van der Waals surface area contributed by atoms with Crippen LogP contribution in [0.1, 0.15) is 0 Å². The molecule has 0 bridgehead atoms. The average molecular weight is 229 g/mol. The van der Waals surface area contributed by atoms with Gasteiger partial charge in [-0.05, 0) is 12.1 Å². The second kappa shape index (κ2) is 3.82. The molecule has 0 atom stereocenters. The molecule has 3 aromatic rings. The molecule has 0 saturated heterocycles. The Morgan fingerprint density at radius 1 is 1.24 bits per heavy atom. The van der Waals surface area contributed by atoms with E-state index >= 15 is 0 Å². The Kier molecular flexibility index (Phi) is 2.18. The van der Waals surface area contributed by atoms with Crippen molar-refractivity contribution in [3.05, 3.63) is 42.6 Å². The lowest BCUT2D eigenvalue weighted by molar-refractivity contribution is 0.632. The van der Waals surface area contributed by atoms with Gasteiger partial charge in [0.2, 0.25) is 0 Å². The Labute approximate surface area is 95.7 Å². The SMILES string of the molecule is Fc1ccccc1Nc1[nH]nc2ncncc12. The molecular weight excluding hydrogens is 221 g/mol. The molecule has 0 fully saturated rings. The summed E-state index contributed by atoms with van der Waals surface area (Å²) in [6, 6.07) is 6.42. The van der Waals surface area contributed by atoms with Crippen molar-refractivity contribution in [2.75, 3.05) is 5.32 Å². The van der Waals surface area contributed by atoms with Gasteiger partial charge in [0.15, 0.2) is 5.65 Å². The fourth-order valence-electron chi connectivity index (χ4n) is 1.55. The smallest absolute Gasteiger partial charge is 0.186 e. The van der Waals surface area contributed by atoms with Crippen LogP contribution in [0.5, 0.6) is 0 Å². The fourth-order valence-corrected chi connectivity index (χ4v) is 1.55. The van der Waals surface area contributed by atoms with Gasteiger partial charge in [0.05, 0.1) is 11.1 Å². The number of aromatic amines is 1. The first kappa shape index (κ1) is 9.71. The molecule has 0 radical (unpaired) electrons. The molecule has 1 aromatic carbocycles. The third-order valence-electron chi connectivity index (χ3n) is 2.37. The molecular formula is C11H8FN5. The Balaban J connectivity index is 2.03. The number of nitrogens with zero attached hydrogens (tertiary/aromatic N) is 3. The van der Waals surface area contributed by atoms with Crippen LogP contribution in [-0.4, -0.2) is 20.2 Å². The van der Waals surface area contributed by atoms with Crippen LogP contribution in [0, 0.1) is 5.82 Å². The van der Waals surface area contributed by atoms with E-state index in [0.29, 0.717) is 17.2 Å². The van der Waals surface area contributed by atoms with E-state index in [1.54, 1.807) is 24.4 Å². The molecule has 3 rings (SSSR count). The number of para-hydroxylation sites is 1. The van der Waals surface area contributed by atoms with Gasteiger partial charge in [-0.25, -0.2) is 14.4 Å². The summed E-state index contributed by atoms with van der Waals surface area (Å²) < 4.78 is 13.5. The third kappa shape index (κ3) is 1.69. The number of benzene rings is 1. The van der Waals surface area contributed by atoms with E-state index in [-0.39, 0.29) is 5.82 Å². The zero-order valence-corrected chi connectivity index (χ0v) is 8.68. The van der Waals surface area contributed by atoms with E-state index in [1.807, 2.05) is 0 Å². The minimum Gasteiger partial charge on any atom is -0.338 e. The van der Waals surface area contributed by atoms with Gasteiger partial charge in [0, 0.05) is 6.20 Å². The number of hydrogen-bond acceptors (Lipinski definition) is 4. The maximum atomic E-state index is 13.5. The molecule has 5 nitrogen and oxygen atoms in total. The summed E-state index contributed by atoms with van der Waals surface area (Å²) in [4.78, 5) is 7.88. The van der Waals surface area contributed by atoms with E-state index in [2.05, 4.69) is 25.5 Å². The molecule has 84 valence electrons. The molecule has 2 N–H and O–H groups in total. The number of halogens is 1. The number of fused-ring (bicyclic) bond motifs is 1. The molecule has 0 amide bonds. The summed E-state index contributed by atoms with van der Waals surface area (Å²) >= 11 is 0. The largest absolute Gasteiger partial charge is 0.338 e. The second-order valence-electron chi connectivity index (χ2n) is 3.46. The van der Waals surface area contributed by atoms with Gasteiger partial charge in [0.1, 0.15) is 18.0 Å². The normalized spacial score (nSPS) is 10.6. The lowest BCUT2D eigenvalue weighted by atomic mass is 10.3. The Bertz CT molecular complexity index is 664. The van der Waals surface area contributed by atoms with Crippen molar-refractivity contribution in [3.8, 4) is 0 Å². The highest BCUT2D eigenvalue weighted by molar-refractivity contribution is 5.88. The third-order valence-corrected chi connectivity index (χ3v) is 2.37. The predicted molar refractivity (Wildman–Crippen MR) is 61.4 cm³/mol. The van der Waals surface area contributed by atoms with Crippen LogP contribution >= 0.6 is 0 Å². The highest BCUT2D eigenvalue weighted by Crippen LogP contribution is 2.23. The number of anilines is 2. The van der Waals surface area contributed by atoms with E-state index in [9.17, 15) is 4.39 Å². The first-order valence-corrected chi connectivity index (χ1v) is 5.00. The molecule has 0 aliphatic carbocycles. The Morgan fingerprint density at radius 3 is 3.00 bits per heavy atom. The molecule has 0 saturated carbocycles. The molecule has 0 aliphatic heterocycles. The summed E-state index contributed by atoms with van der Waals surface area (Å²) in [7, 11) is 0. The quantitative estimate of drug-likeness (QED) is 0.707. The van der Waals surface area contributed by atoms with Crippen LogP contribution in [0.2, 0.25) is 0 Å². The zero-order chi connectivity index (χ0) is 11.7. The van der Waals surface area contributed by atoms with Crippen molar-refractivity contribution in [3.63, 3.8) is 0 Å². The first-order valence-electron chi connectivity index (χ1n) is 5.00. The topological polar surface area (TPSA) is 66.5 Å². The molecule has 2 heterocycles. The van der Waals surface area contributed by atoms with Crippen LogP contribution < -0.4 is 5.32 Å². The van der Waals surface area contributed by atoms with Crippen molar-refractivity contribution in [1.82, 2.24) is 20.2 Å². The summed E-state index contributed by atoms with van der Waals surface area (Å²) in [5.74, 6) is 0.248. The zero-order valence-electron chi connectivity index (χ0n) is 8.68. The van der Waals surface area contributed by atoms with Crippen LogP contribution in [0.25, 0.3) is 11.0 Å². The minimum atomic E-state index is -0.327. The van der Waals surface area contributed by atoms with Crippen molar-refractivity contribution in [1.29, 1.82) is 0 Å². The van der Waals surface area contributed by atoms with Gasteiger partial charge in [0.25, 0.3) is 0 Å². The minimum absolute atomic E-state index is 0.327. The van der Waals surface area contributed by atoms with Gasteiger partial charge >= 0.3 is 0 Å². The van der Waals surface area contributed by atoms with Crippen molar-refractivity contribution >= 4 is 22.5 Å². The second-order valence-corrected chi connectivity index (χ2v) is 3.46. The van der Waals surface area contributed by atoms with Gasteiger partial charge in [-0.3, -0.25) is 5.10 Å². The first-order chi connectivity index (χ1) is 8.34. The number of hydrogen-bond donors (Lipinski definition) is 2. The predicted octanol–water partition coefficient (Wildman–Crippen LogP) is 2.24. The average Bonchev–Trinajstić information content (AvgIpc) is 2.76. The fraction of sp³-hybridized carbons (Fsp3) is 0. The lowest BCUT2D eigenvalue weighted by Gasteiger charge is -2.04. The lowest BCUT2D eigenvalue weighted by Crippen LogP contribution is -1.94. The van der Waals surface area contributed by atoms with Crippen molar-refractivity contribution in [2.24, 2.45) is 0 Å². The van der Waals surface area contributed by atoms with Crippen LogP contribution in [0.4, 0.5) is 15.9 Å². The molecule has 17 heavy (non-hydrogen) atoms. The highest BCUT2D eigenvalue weighted by atomic mass is 19.1. The van der Waals surface area contributed by atoms with E-state index in [1.165, 1.54) is 12.4 Å². The summed E-state index contributed by atoms with van der Waals surface area (Å²) in [6.07, 6.45) is 3.03. The summed E-state index contributed by atoms with van der Waals surface area (Å²) in [6.45, 7) is 0. The van der Waals surface area contributed by atoms with Gasteiger partial charge in [-0.15, -0.1) is 0 Å². The van der Waals surface area contributed by atoms with Crippen LogP contribution in [0.3, 0.4) is 0 Å². The van der Waals surface area contributed by atoms with Crippen molar-refractivity contribution < 1.29 is 4.39 Å². The standard InChI is InChI=1S/C11H8FN5/c12-8-3-1-2-4-9(8)15-11-7-5-13-6-14-10(7)16-17-11/h1-6H,(H2,13,14,15,16,17). The Morgan fingerprint density at radius 2 is 2.12 bits per heavy atom. The van der Waals surface area contributed by atoms with Crippen molar-refractivity contribution in [2.45, 2.75) is 0 Å². The maximum absolute atomic E-state index is 13.5. The van der Waals surface area contributed by atoms with Crippen LogP contribution in [-0.2, 0) is 0 Å². The monoisotopic (exact) mass is 229 g/mol. The number of nitrogens with one attached hydrogen (secondary N) is 2.